The first-order valence-corrected chi connectivity index (χ1v) is 7.43. The summed E-state index contributed by atoms with van der Waals surface area (Å²) in [6.07, 6.45) is 1.76. The molecule has 2 nitrogen and oxygen atoms in total. The molecule has 0 fully saturated rings. The van der Waals surface area contributed by atoms with Crippen LogP contribution in [0.15, 0.2) is 35.3 Å². The fourth-order valence-electron chi connectivity index (χ4n) is 1.62. The van der Waals surface area contributed by atoms with Crippen molar-refractivity contribution in [3.63, 3.8) is 0 Å². The van der Waals surface area contributed by atoms with E-state index in [1.165, 1.54) is 11.3 Å². The van der Waals surface area contributed by atoms with Crippen molar-refractivity contribution in [3.8, 4) is 6.07 Å². The lowest BCUT2D eigenvalue weighted by Crippen LogP contribution is -2.07. The number of thiophene rings is 1. The zero-order valence-corrected chi connectivity index (χ0v) is 13.2. The van der Waals surface area contributed by atoms with E-state index in [0.717, 1.165) is 16.1 Å². The van der Waals surface area contributed by atoms with Gasteiger partial charge in [0.15, 0.2) is 0 Å². The molecule has 0 aliphatic heterocycles. The standard InChI is InChI=1S/C16H15ClN2S/c1-16(2,3)15-8-13(14(9-18)20-15)19-10-11-4-6-12(17)7-5-11/h4-8,10H,1-3H3. The summed E-state index contributed by atoms with van der Waals surface area (Å²) in [5, 5.41) is 9.90. The predicted molar refractivity (Wildman–Crippen MR) is 86.4 cm³/mol. The van der Waals surface area contributed by atoms with E-state index < -0.39 is 0 Å². The maximum atomic E-state index is 9.20. The Hall–Kier alpha value is -1.63. The molecule has 1 aromatic carbocycles. The molecule has 102 valence electrons. The molecular weight excluding hydrogens is 288 g/mol. The highest BCUT2D eigenvalue weighted by Crippen LogP contribution is 2.36. The largest absolute Gasteiger partial charge is 0.254 e. The van der Waals surface area contributed by atoms with Crippen LogP contribution in [0, 0.1) is 11.3 Å². The van der Waals surface area contributed by atoms with Crippen molar-refractivity contribution in [1.82, 2.24) is 0 Å². The Bertz CT molecular complexity index is 670. The van der Waals surface area contributed by atoms with Crippen LogP contribution in [-0.2, 0) is 5.41 Å². The minimum absolute atomic E-state index is 0.0321. The molecule has 0 spiro atoms. The van der Waals surface area contributed by atoms with Crippen molar-refractivity contribution < 1.29 is 0 Å². The number of nitrogens with zero attached hydrogens (tertiary/aromatic N) is 2. The molecule has 2 aromatic rings. The second-order valence-corrected chi connectivity index (χ2v) is 6.99. The number of hydrogen-bond acceptors (Lipinski definition) is 3. The van der Waals surface area contributed by atoms with Gasteiger partial charge in [0, 0.05) is 16.1 Å². The van der Waals surface area contributed by atoms with Crippen LogP contribution in [0.2, 0.25) is 5.02 Å². The van der Waals surface area contributed by atoms with Crippen molar-refractivity contribution in [2.75, 3.05) is 0 Å². The Morgan fingerprint density at radius 2 is 1.90 bits per heavy atom. The molecule has 0 saturated heterocycles. The minimum Gasteiger partial charge on any atom is -0.254 e. The molecule has 1 aromatic heterocycles. The SMILES string of the molecule is CC(C)(C)c1cc(N=Cc2ccc(Cl)cc2)c(C#N)s1. The molecule has 0 radical (unpaired) electrons. The third-order valence-electron chi connectivity index (χ3n) is 2.78. The number of rotatable bonds is 2. The van der Waals surface area contributed by atoms with Crippen molar-refractivity contribution in [3.05, 3.63) is 50.7 Å². The fraction of sp³-hybridized carbons (Fsp3) is 0.250. The van der Waals surface area contributed by atoms with Crippen LogP contribution in [0.3, 0.4) is 0 Å². The predicted octanol–water partition coefficient (Wildman–Crippen LogP) is 5.32. The molecule has 2 rings (SSSR count). The van der Waals surface area contributed by atoms with E-state index in [-0.39, 0.29) is 5.41 Å². The molecule has 1 heterocycles. The zero-order chi connectivity index (χ0) is 14.8. The lowest BCUT2D eigenvalue weighted by atomic mass is 9.95. The van der Waals surface area contributed by atoms with Crippen LogP contribution in [0.5, 0.6) is 0 Å². The summed E-state index contributed by atoms with van der Waals surface area (Å²) in [6.45, 7) is 6.39. The van der Waals surface area contributed by atoms with Gasteiger partial charge in [-0.15, -0.1) is 11.3 Å². The van der Waals surface area contributed by atoms with Gasteiger partial charge in [0.1, 0.15) is 10.9 Å². The Morgan fingerprint density at radius 3 is 2.45 bits per heavy atom. The Kier molecular flexibility index (Phi) is 4.27. The number of nitriles is 1. The van der Waals surface area contributed by atoms with Crippen molar-refractivity contribution in [2.24, 2.45) is 4.99 Å². The number of benzene rings is 1. The van der Waals surface area contributed by atoms with Crippen molar-refractivity contribution >= 4 is 34.8 Å². The van der Waals surface area contributed by atoms with E-state index >= 15 is 0 Å². The summed E-state index contributed by atoms with van der Waals surface area (Å²) in [6, 6.07) is 11.7. The van der Waals surface area contributed by atoms with Crippen molar-refractivity contribution in [1.29, 1.82) is 5.26 Å². The highest BCUT2D eigenvalue weighted by molar-refractivity contribution is 7.13. The molecule has 20 heavy (non-hydrogen) atoms. The highest BCUT2D eigenvalue weighted by atomic mass is 35.5. The Morgan fingerprint density at radius 1 is 1.25 bits per heavy atom. The quantitative estimate of drug-likeness (QED) is 0.691. The summed E-state index contributed by atoms with van der Waals surface area (Å²) in [5.41, 5.74) is 1.73. The van der Waals surface area contributed by atoms with Gasteiger partial charge in [-0.05, 0) is 29.2 Å². The first kappa shape index (κ1) is 14.8. The molecule has 0 saturated carbocycles. The van der Waals surface area contributed by atoms with Gasteiger partial charge < -0.3 is 0 Å². The Balaban J connectivity index is 2.31. The maximum Gasteiger partial charge on any atom is 0.130 e. The molecule has 0 atom stereocenters. The molecule has 0 aliphatic carbocycles. The van der Waals surface area contributed by atoms with E-state index in [1.54, 1.807) is 6.21 Å². The topological polar surface area (TPSA) is 36.1 Å². The van der Waals surface area contributed by atoms with Gasteiger partial charge >= 0.3 is 0 Å². The second-order valence-electron chi connectivity index (χ2n) is 5.50. The maximum absolute atomic E-state index is 9.20. The van der Waals surface area contributed by atoms with E-state index in [4.69, 9.17) is 11.6 Å². The van der Waals surface area contributed by atoms with E-state index in [1.807, 2.05) is 30.3 Å². The van der Waals surface area contributed by atoms with Gasteiger partial charge in [0.25, 0.3) is 0 Å². The summed E-state index contributed by atoms with van der Waals surface area (Å²) in [7, 11) is 0. The van der Waals surface area contributed by atoms with E-state index in [9.17, 15) is 5.26 Å². The second kappa shape index (κ2) is 5.78. The van der Waals surface area contributed by atoms with Crippen LogP contribution in [-0.4, -0.2) is 6.21 Å². The molecule has 0 bridgehead atoms. The monoisotopic (exact) mass is 302 g/mol. The molecule has 0 aliphatic rings. The van der Waals surface area contributed by atoms with E-state index in [2.05, 4.69) is 31.8 Å². The lowest BCUT2D eigenvalue weighted by molar-refractivity contribution is 0.604. The normalized spacial score (nSPS) is 11.8. The fourth-order valence-corrected chi connectivity index (χ4v) is 2.70. The van der Waals surface area contributed by atoms with Crippen LogP contribution >= 0.6 is 22.9 Å². The van der Waals surface area contributed by atoms with Gasteiger partial charge in [-0.25, -0.2) is 0 Å². The first-order chi connectivity index (χ1) is 9.40. The number of hydrogen-bond donors (Lipinski definition) is 0. The number of halogens is 1. The molecule has 4 heteroatoms. The van der Waals surface area contributed by atoms with Gasteiger partial charge in [-0.1, -0.05) is 44.5 Å². The smallest absolute Gasteiger partial charge is 0.130 e. The molecule has 0 unspecified atom stereocenters. The molecule has 0 N–H and O–H groups in total. The summed E-state index contributed by atoms with van der Waals surface area (Å²) in [5.74, 6) is 0. The molecular formula is C16H15ClN2S. The number of aliphatic imine (C=N–C) groups is 1. The highest BCUT2D eigenvalue weighted by Gasteiger charge is 2.19. The third-order valence-corrected chi connectivity index (χ3v) is 4.48. The van der Waals surface area contributed by atoms with Crippen LogP contribution in [0.4, 0.5) is 5.69 Å². The average molecular weight is 303 g/mol. The summed E-state index contributed by atoms with van der Waals surface area (Å²) < 4.78 is 0. The van der Waals surface area contributed by atoms with Crippen molar-refractivity contribution in [2.45, 2.75) is 26.2 Å². The molecule has 0 amide bonds. The van der Waals surface area contributed by atoms with Crippen LogP contribution < -0.4 is 0 Å². The lowest BCUT2D eigenvalue weighted by Gasteiger charge is -2.14. The van der Waals surface area contributed by atoms with Gasteiger partial charge in [0.05, 0.1) is 5.69 Å². The summed E-state index contributed by atoms with van der Waals surface area (Å²) >= 11 is 7.35. The average Bonchev–Trinajstić information content (AvgIpc) is 2.81. The first-order valence-electron chi connectivity index (χ1n) is 6.24. The third kappa shape index (κ3) is 3.47. The Labute approximate surface area is 128 Å². The van der Waals surface area contributed by atoms with Gasteiger partial charge in [-0.2, -0.15) is 5.26 Å². The van der Waals surface area contributed by atoms with Gasteiger partial charge in [0.2, 0.25) is 0 Å². The summed E-state index contributed by atoms with van der Waals surface area (Å²) in [4.78, 5) is 6.25. The van der Waals surface area contributed by atoms with Gasteiger partial charge in [-0.3, -0.25) is 4.99 Å². The zero-order valence-electron chi connectivity index (χ0n) is 11.6. The van der Waals surface area contributed by atoms with Crippen LogP contribution in [0.1, 0.15) is 36.1 Å². The van der Waals surface area contributed by atoms with Crippen LogP contribution in [0.25, 0.3) is 0 Å². The minimum atomic E-state index is 0.0321. The van der Waals surface area contributed by atoms with E-state index in [0.29, 0.717) is 9.90 Å².